The Labute approximate surface area is 153 Å². The Hall–Kier alpha value is -2.19. The van der Waals surface area contributed by atoms with E-state index in [1.807, 2.05) is 32.0 Å². The number of hydrogen-bond donors (Lipinski definition) is 1. The average molecular weight is 377 g/mol. The zero-order valence-electron chi connectivity index (χ0n) is 15.4. The highest BCUT2D eigenvalue weighted by Gasteiger charge is 2.27. The van der Waals surface area contributed by atoms with Gasteiger partial charge in [-0.05, 0) is 37.5 Å². The van der Waals surface area contributed by atoms with Crippen LogP contribution in [0.4, 0.5) is 5.69 Å². The lowest BCUT2D eigenvalue weighted by atomic mass is 10.1. The molecule has 1 amide bonds. The molecule has 2 heterocycles. The molecular weight excluding hydrogens is 354 g/mol. The van der Waals surface area contributed by atoms with E-state index in [0.29, 0.717) is 12.2 Å². The molecule has 0 radical (unpaired) electrons. The third kappa shape index (κ3) is 3.39. The van der Waals surface area contributed by atoms with Crippen molar-refractivity contribution in [2.75, 3.05) is 11.4 Å². The Morgan fingerprint density at radius 3 is 2.69 bits per heavy atom. The van der Waals surface area contributed by atoms with E-state index >= 15 is 0 Å². The lowest BCUT2D eigenvalue weighted by molar-refractivity contribution is -0.121. The number of rotatable bonds is 5. The van der Waals surface area contributed by atoms with Crippen molar-refractivity contribution in [1.29, 1.82) is 0 Å². The summed E-state index contributed by atoms with van der Waals surface area (Å²) in [5, 5.41) is 3.69. The summed E-state index contributed by atoms with van der Waals surface area (Å²) in [6.07, 6.45) is 0.776. The van der Waals surface area contributed by atoms with E-state index in [1.165, 1.54) is 0 Å². The SMILES string of the molecule is Cc1noc(C)c1S(=O)(=O)NCc1ccc2c(c1)CCN2C(=O)C(C)C. The molecule has 3 rings (SSSR count). The van der Waals surface area contributed by atoms with Gasteiger partial charge in [0, 0.05) is 24.7 Å². The summed E-state index contributed by atoms with van der Waals surface area (Å²) in [5.74, 6) is 0.324. The van der Waals surface area contributed by atoms with Crippen LogP contribution in [-0.2, 0) is 27.8 Å². The van der Waals surface area contributed by atoms with Crippen LogP contribution in [0.2, 0.25) is 0 Å². The molecule has 1 N–H and O–H groups in total. The quantitative estimate of drug-likeness (QED) is 0.863. The van der Waals surface area contributed by atoms with E-state index in [4.69, 9.17) is 4.52 Å². The number of carbonyl (C=O) groups excluding carboxylic acids is 1. The maximum Gasteiger partial charge on any atom is 0.246 e. The third-order valence-electron chi connectivity index (χ3n) is 4.50. The van der Waals surface area contributed by atoms with Crippen molar-refractivity contribution in [2.45, 2.75) is 45.6 Å². The molecular formula is C18H23N3O4S. The Kier molecular flexibility index (Phi) is 4.90. The first-order valence-electron chi connectivity index (χ1n) is 8.56. The fourth-order valence-corrected chi connectivity index (χ4v) is 4.56. The highest BCUT2D eigenvalue weighted by Crippen LogP contribution is 2.30. The van der Waals surface area contributed by atoms with Gasteiger partial charge in [0.25, 0.3) is 0 Å². The minimum absolute atomic E-state index is 0.0533. The van der Waals surface area contributed by atoms with Gasteiger partial charge in [-0.15, -0.1) is 0 Å². The minimum Gasteiger partial charge on any atom is -0.360 e. The highest BCUT2D eigenvalue weighted by atomic mass is 32.2. The Morgan fingerprint density at radius 1 is 1.35 bits per heavy atom. The monoisotopic (exact) mass is 377 g/mol. The maximum atomic E-state index is 12.5. The van der Waals surface area contributed by atoms with E-state index in [-0.39, 0.29) is 29.0 Å². The van der Waals surface area contributed by atoms with Crippen molar-refractivity contribution in [3.63, 3.8) is 0 Å². The van der Waals surface area contributed by atoms with Gasteiger partial charge >= 0.3 is 0 Å². The third-order valence-corrected chi connectivity index (χ3v) is 6.15. The van der Waals surface area contributed by atoms with Crippen molar-refractivity contribution < 1.29 is 17.7 Å². The summed E-state index contributed by atoms with van der Waals surface area (Å²) in [5.41, 5.74) is 3.17. The fraction of sp³-hybridized carbons (Fsp3) is 0.444. The Bertz CT molecular complexity index is 928. The first kappa shape index (κ1) is 18.6. The second-order valence-corrected chi connectivity index (χ2v) is 8.54. The number of amides is 1. The summed E-state index contributed by atoms with van der Waals surface area (Å²) >= 11 is 0. The van der Waals surface area contributed by atoms with Gasteiger partial charge in [-0.3, -0.25) is 4.79 Å². The number of aromatic nitrogens is 1. The van der Waals surface area contributed by atoms with Crippen LogP contribution in [0.25, 0.3) is 0 Å². The summed E-state index contributed by atoms with van der Waals surface area (Å²) in [6, 6.07) is 5.70. The number of hydrogen-bond acceptors (Lipinski definition) is 5. The normalized spacial score (nSPS) is 14.1. The number of fused-ring (bicyclic) bond motifs is 1. The van der Waals surface area contributed by atoms with E-state index in [9.17, 15) is 13.2 Å². The molecule has 0 saturated carbocycles. The summed E-state index contributed by atoms with van der Waals surface area (Å²) in [4.78, 5) is 14.2. The van der Waals surface area contributed by atoms with Crippen LogP contribution in [0.15, 0.2) is 27.6 Å². The fourth-order valence-electron chi connectivity index (χ4n) is 3.21. The van der Waals surface area contributed by atoms with Gasteiger partial charge in [-0.25, -0.2) is 13.1 Å². The van der Waals surface area contributed by atoms with Gasteiger partial charge in [-0.2, -0.15) is 0 Å². The number of nitrogens with zero attached hydrogens (tertiary/aromatic N) is 2. The second-order valence-electron chi connectivity index (χ2n) is 6.84. The molecule has 1 aliphatic rings. The van der Waals surface area contributed by atoms with Crippen LogP contribution in [0.3, 0.4) is 0 Å². The molecule has 0 atom stereocenters. The standard InChI is InChI=1S/C18H23N3O4S/c1-11(2)18(22)21-8-7-15-9-14(5-6-16(15)21)10-19-26(23,24)17-12(3)20-25-13(17)4/h5-6,9,11,19H,7-8,10H2,1-4H3. The van der Waals surface area contributed by atoms with Crippen LogP contribution >= 0.6 is 0 Å². The van der Waals surface area contributed by atoms with E-state index in [1.54, 1.807) is 18.7 Å². The lowest BCUT2D eigenvalue weighted by Crippen LogP contribution is -2.32. The molecule has 1 aromatic heterocycles. The molecule has 0 saturated heterocycles. The van der Waals surface area contributed by atoms with Crippen molar-refractivity contribution in [2.24, 2.45) is 5.92 Å². The van der Waals surface area contributed by atoms with Crippen LogP contribution in [0.1, 0.15) is 36.4 Å². The largest absolute Gasteiger partial charge is 0.360 e. The molecule has 0 spiro atoms. The average Bonchev–Trinajstić information content (AvgIpc) is 3.15. The van der Waals surface area contributed by atoms with Gasteiger partial charge in [0.2, 0.25) is 15.9 Å². The van der Waals surface area contributed by atoms with E-state index in [0.717, 1.165) is 23.2 Å². The number of carbonyl (C=O) groups is 1. The van der Waals surface area contributed by atoms with Gasteiger partial charge < -0.3 is 9.42 Å². The lowest BCUT2D eigenvalue weighted by Gasteiger charge is -2.19. The summed E-state index contributed by atoms with van der Waals surface area (Å²) in [7, 11) is -3.70. The van der Waals surface area contributed by atoms with Crippen molar-refractivity contribution in [1.82, 2.24) is 9.88 Å². The van der Waals surface area contributed by atoms with Gasteiger partial charge in [-0.1, -0.05) is 31.1 Å². The predicted octanol–water partition coefficient (Wildman–Crippen LogP) is 2.32. The predicted molar refractivity (Wildman–Crippen MR) is 97.3 cm³/mol. The van der Waals surface area contributed by atoms with E-state index in [2.05, 4.69) is 9.88 Å². The first-order chi connectivity index (χ1) is 12.2. The van der Waals surface area contributed by atoms with Crippen molar-refractivity contribution in [3.8, 4) is 0 Å². The summed E-state index contributed by atoms with van der Waals surface area (Å²) < 4.78 is 32.5. The topological polar surface area (TPSA) is 92.5 Å². The highest BCUT2D eigenvalue weighted by molar-refractivity contribution is 7.89. The molecule has 2 aromatic rings. The molecule has 0 aliphatic carbocycles. The number of sulfonamides is 1. The Balaban J connectivity index is 1.76. The maximum absolute atomic E-state index is 12.5. The van der Waals surface area contributed by atoms with Crippen LogP contribution in [0, 0.1) is 19.8 Å². The molecule has 1 aromatic carbocycles. The molecule has 140 valence electrons. The van der Waals surface area contributed by atoms with Gasteiger partial charge in [0.15, 0.2) is 5.76 Å². The molecule has 1 aliphatic heterocycles. The zero-order valence-corrected chi connectivity index (χ0v) is 16.2. The van der Waals surface area contributed by atoms with Gasteiger partial charge in [0.1, 0.15) is 10.6 Å². The van der Waals surface area contributed by atoms with E-state index < -0.39 is 10.0 Å². The Morgan fingerprint density at radius 2 is 2.08 bits per heavy atom. The van der Waals surface area contributed by atoms with Crippen LogP contribution < -0.4 is 9.62 Å². The molecule has 0 fully saturated rings. The molecule has 8 heteroatoms. The molecule has 7 nitrogen and oxygen atoms in total. The number of nitrogens with one attached hydrogen (secondary N) is 1. The van der Waals surface area contributed by atoms with Crippen molar-refractivity contribution in [3.05, 3.63) is 40.8 Å². The van der Waals surface area contributed by atoms with Crippen molar-refractivity contribution >= 4 is 21.6 Å². The zero-order chi connectivity index (χ0) is 19.1. The number of aryl methyl sites for hydroxylation is 2. The van der Waals surface area contributed by atoms with Gasteiger partial charge in [0.05, 0.1) is 0 Å². The second kappa shape index (κ2) is 6.85. The van der Waals surface area contributed by atoms with Crippen LogP contribution in [-0.4, -0.2) is 26.0 Å². The summed E-state index contributed by atoms with van der Waals surface area (Å²) in [6.45, 7) is 7.78. The number of benzene rings is 1. The number of anilines is 1. The molecule has 0 unspecified atom stereocenters. The van der Waals surface area contributed by atoms with Crippen LogP contribution in [0.5, 0.6) is 0 Å². The molecule has 0 bridgehead atoms. The first-order valence-corrected chi connectivity index (χ1v) is 10.0. The minimum atomic E-state index is -3.70. The molecule has 26 heavy (non-hydrogen) atoms. The smallest absolute Gasteiger partial charge is 0.246 e.